The zero-order valence-corrected chi connectivity index (χ0v) is 14.4. The highest BCUT2D eigenvalue weighted by atomic mass is 16.5. The van der Waals surface area contributed by atoms with Gasteiger partial charge in [-0.2, -0.15) is 0 Å². The van der Waals surface area contributed by atoms with Crippen LogP contribution in [0.4, 0.5) is 0 Å². The minimum atomic E-state index is 0.269. The van der Waals surface area contributed by atoms with Crippen LogP contribution in [0.5, 0.6) is 0 Å². The van der Waals surface area contributed by atoms with E-state index in [1.165, 1.54) is 25.7 Å². The van der Waals surface area contributed by atoms with E-state index in [9.17, 15) is 0 Å². The van der Waals surface area contributed by atoms with Crippen LogP contribution in [0.3, 0.4) is 0 Å². The van der Waals surface area contributed by atoms with Gasteiger partial charge in [0.05, 0.1) is 6.61 Å². The fourth-order valence-electron chi connectivity index (χ4n) is 4.23. The van der Waals surface area contributed by atoms with Gasteiger partial charge < -0.3 is 10.1 Å². The largest absolute Gasteiger partial charge is 0.381 e. The van der Waals surface area contributed by atoms with E-state index in [0.717, 1.165) is 32.8 Å². The SMILES string of the molecule is CCNC(C1CCCOC1)C(CC)(CC)N(CC)CC. The van der Waals surface area contributed by atoms with Gasteiger partial charge in [0.15, 0.2) is 0 Å². The first kappa shape index (κ1) is 17.9. The molecule has 1 aliphatic heterocycles. The second-order valence-corrected chi connectivity index (χ2v) is 6.00. The van der Waals surface area contributed by atoms with Gasteiger partial charge in [0, 0.05) is 18.2 Å². The van der Waals surface area contributed by atoms with E-state index in [4.69, 9.17) is 4.74 Å². The second-order valence-electron chi connectivity index (χ2n) is 6.00. The lowest BCUT2D eigenvalue weighted by Crippen LogP contribution is -2.64. The van der Waals surface area contributed by atoms with Gasteiger partial charge in [0.25, 0.3) is 0 Å². The normalized spacial score (nSPS) is 22.2. The van der Waals surface area contributed by atoms with E-state index >= 15 is 0 Å². The molecule has 0 radical (unpaired) electrons. The topological polar surface area (TPSA) is 24.5 Å². The standard InChI is InChI=1S/C17H36N2O/c1-6-17(7-2,19(9-4)10-5)16(18-8-3)15-12-11-13-20-14-15/h15-16,18H,6-14H2,1-5H3. The lowest BCUT2D eigenvalue weighted by molar-refractivity contribution is -0.0229. The monoisotopic (exact) mass is 284 g/mol. The molecule has 20 heavy (non-hydrogen) atoms. The Morgan fingerprint density at radius 1 is 1.15 bits per heavy atom. The Morgan fingerprint density at radius 2 is 1.80 bits per heavy atom. The van der Waals surface area contributed by atoms with Gasteiger partial charge in [-0.3, -0.25) is 4.90 Å². The van der Waals surface area contributed by atoms with E-state index in [1.807, 2.05) is 0 Å². The van der Waals surface area contributed by atoms with Crippen LogP contribution in [0.15, 0.2) is 0 Å². The van der Waals surface area contributed by atoms with Crippen LogP contribution in [0.2, 0.25) is 0 Å². The molecule has 1 rings (SSSR count). The van der Waals surface area contributed by atoms with Gasteiger partial charge in [-0.05, 0) is 51.2 Å². The summed E-state index contributed by atoms with van der Waals surface area (Å²) >= 11 is 0. The summed E-state index contributed by atoms with van der Waals surface area (Å²) in [5, 5.41) is 3.82. The molecule has 2 atom stereocenters. The van der Waals surface area contributed by atoms with Crippen molar-refractivity contribution in [2.75, 3.05) is 32.8 Å². The van der Waals surface area contributed by atoms with Crippen molar-refractivity contribution < 1.29 is 4.74 Å². The molecule has 0 amide bonds. The maximum atomic E-state index is 5.78. The van der Waals surface area contributed by atoms with Gasteiger partial charge in [0.2, 0.25) is 0 Å². The maximum Gasteiger partial charge on any atom is 0.0509 e. The van der Waals surface area contributed by atoms with Crippen molar-refractivity contribution >= 4 is 0 Å². The van der Waals surface area contributed by atoms with E-state index in [1.54, 1.807) is 0 Å². The Kier molecular flexibility index (Phi) is 8.08. The molecule has 1 heterocycles. The van der Waals surface area contributed by atoms with Crippen molar-refractivity contribution in [3.05, 3.63) is 0 Å². The van der Waals surface area contributed by atoms with Crippen LogP contribution in [0, 0.1) is 5.92 Å². The highest BCUT2D eigenvalue weighted by Gasteiger charge is 2.43. The number of likely N-dealkylation sites (N-methyl/N-ethyl adjacent to an activating group) is 2. The smallest absolute Gasteiger partial charge is 0.0509 e. The van der Waals surface area contributed by atoms with Gasteiger partial charge in [0.1, 0.15) is 0 Å². The van der Waals surface area contributed by atoms with Gasteiger partial charge in [-0.25, -0.2) is 0 Å². The van der Waals surface area contributed by atoms with Crippen LogP contribution < -0.4 is 5.32 Å². The third kappa shape index (κ3) is 3.75. The zero-order valence-electron chi connectivity index (χ0n) is 14.4. The Morgan fingerprint density at radius 3 is 2.20 bits per heavy atom. The van der Waals surface area contributed by atoms with E-state index in [-0.39, 0.29) is 5.54 Å². The lowest BCUT2D eigenvalue weighted by atomic mass is 9.74. The van der Waals surface area contributed by atoms with Crippen molar-refractivity contribution in [2.24, 2.45) is 5.92 Å². The highest BCUT2D eigenvalue weighted by molar-refractivity contribution is 5.02. The molecule has 0 aliphatic carbocycles. The minimum Gasteiger partial charge on any atom is -0.381 e. The molecule has 1 fully saturated rings. The molecule has 3 nitrogen and oxygen atoms in total. The molecule has 2 unspecified atom stereocenters. The quantitative estimate of drug-likeness (QED) is 0.703. The predicted octanol–water partition coefficient (Wildman–Crippen LogP) is 3.29. The maximum absolute atomic E-state index is 5.78. The highest BCUT2D eigenvalue weighted by Crippen LogP contribution is 2.34. The van der Waals surface area contributed by atoms with E-state index in [0.29, 0.717) is 12.0 Å². The van der Waals surface area contributed by atoms with Crippen molar-refractivity contribution in [2.45, 2.75) is 71.9 Å². The lowest BCUT2D eigenvalue weighted by Gasteiger charge is -2.51. The molecule has 0 saturated carbocycles. The summed E-state index contributed by atoms with van der Waals surface area (Å²) < 4.78 is 5.78. The van der Waals surface area contributed by atoms with Crippen LogP contribution in [-0.2, 0) is 4.74 Å². The summed E-state index contributed by atoms with van der Waals surface area (Å²) in [6, 6.07) is 0.544. The minimum absolute atomic E-state index is 0.269. The molecule has 0 aromatic rings. The first-order valence-corrected chi connectivity index (χ1v) is 8.76. The first-order valence-electron chi connectivity index (χ1n) is 8.76. The zero-order chi connectivity index (χ0) is 15.0. The molecule has 1 saturated heterocycles. The fraction of sp³-hybridized carbons (Fsp3) is 1.00. The Hall–Kier alpha value is -0.120. The van der Waals surface area contributed by atoms with Crippen molar-refractivity contribution in [3.63, 3.8) is 0 Å². The third-order valence-corrected chi connectivity index (χ3v) is 5.29. The summed E-state index contributed by atoms with van der Waals surface area (Å²) in [5.41, 5.74) is 0.269. The third-order valence-electron chi connectivity index (χ3n) is 5.29. The summed E-state index contributed by atoms with van der Waals surface area (Å²) in [6.07, 6.45) is 4.94. The fourth-order valence-corrected chi connectivity index (χ4v) is 4.23. The summed E-state index contributed by atoms with van der Waals surface area (Å²) in [6.45, 7) is 16.7. The molecule has 0 aromatic heterocycles. The van der Waals surface area contributed by atoms with Crippen LogP contribution in [0.25, 0.3) is 0 Å². The Balaban J connectivity index is 3.02. The molecule has 0 bridgehead atoms. The van der Waals surface area contributed by atoms with E-state index < -0.39 is 0 Å². The molecule has 1 N–H and O–H groups in total. The molecule has 0 spiro atoms. The molecular formula is C17H36N2O. The Labute approximate surface area is 126 Å². The number of rotatable bonds is 9. The van der Waals surface area contributed by atoms with Crippen molar-refractivity contribution in [3.8, 4) is 0 Å². The first-order chi connectivity index (χ1) is 9.69. The number of hydrogen-bond acceptors (Lipinski definition) is 3. The van der Waals surface area contributed by atoms with Crippen LogP contribution >= 0.6 is 0 Å². The van der Waals surface area contributed by atoms with Crippen LogP contribution in [0.1, 0.15) is 60.3 Å². The second kappa shape index (κ2) is 9.01. The molecule has 0 aromatic carbocycles. The number of nitrogens with one attached hydrogen (secondary N) is 1. The van der Waals surface area contributed by atoms with Crippen molar-refractivity contribution in [1.82, 2.24) is 10.2 Å². The average Bonchev–Trinajstić information content (AvgIpc) is 2.52. The number of hydrogen-bond donors (Lipinski definition) is 1. The van der Waals surface area contributed by atoms with Gasteiger partial charge in [-0.15, -0.1) is 0 Å². The molecule has 1 aliphatic rings. The average molecular weight is 284 g/mol. The summed E-state index contributed by atoms with van der Waals surface area (Å²) in [5.74, 6) is 0.657. The number of nitrogens with zero attached hydrogens (tertiary/aromatic N) is 1. The molecule has 120 valence electrons. The van der Waals surface area contributed by atoms with E-state index in [2.05, 4.69) is 44.8 Å². The van der Waals surface area contributed by atoms with Crippen LogP contribution in [-0.4, -0.2) is 49.3 Å². The summed E-state index contributed by atoms with van der Waals surface area (Å²) in [7, 11) is 0. The predicted molar refractivity (Wildman–Crippen MR) is 87.2 cm³/mol. The summed E-state index contributed by atoms with van der Waals surface area (Å²) in [4.78, 5) is 2.68. The molecule has 3 heteroatoms. The Bertz CT molecular complexity index is 243. The van der Waals surface area contributed by atoms with Gasteiger partial charge >= 0.3 is 0 Å². The van der Waals surface area contributed by atoms with Gasteiger partial charge in [-0.1, -0.05) is 34.6 Å². The molecular weight excluding hydrogens is 248 g/mol. The van der Waals surface area contributed by atoms with Crippen molar-refractivity contribution in [1.29, 1.82) is 0 Å². The number of ether oxygens (including phenoxy) is 1.